The highest BCUT2D eigenvalue weighted by atomic mass is 32.2. The predicted octanol–water partition coefficient (Wildman–Crippen LogP) is 7.84. The van der Waals surface area contributed by atoms with E-state index in [4.69, 9.17) is 17.0 Å². The van der Waals surface area contributed by atoms with Crippen LogP contribution in [0.15, 0.2) is 95.9 Å². The summed E-state index contributed by atoms with van der Waals surface area (Å²) in [6.45, 7) is 0.377. The third-order valence-electron chi connectivity index (χ3n) is 5.66. The van der Waals surface area contributed by atoms with Crippen LogP contribution in [-0.2, 0) is 17.6 Å². The monoisotopic (exact) mass is 521 g/mol. The Balaban J connectivity index is 1.35. The highest BCUT2D eigenvalue weighted by Gasteiger charge is 2.36. The number of benzene rings is 4. The van der Waals surface area contributed by atoms with E-state index in [1.165, 1.54) is 12.1 Å². The Kier molecular flexibility index (Phi) is 6.55. The first-order chi connectivity index (χ1) is 17.3. The maximum Gasteiger partial charge on any atom is 0.416 e. The Morgan fingerprint density at radius 3 is 2.50 bits per heavy atom. The lowest BCUT2D eigenvalue weighted by molar-refractivity contribution is -0.137. The number of rotatable bonds is 5. The van der Waals surface area contributed by atoms with Crippen molar-refractivity contribution >= 4 is 56.7 Å². The van der Waals surface area contributed by atoms with Crippen molar-refractivity contribution < 1.29 is 22.7 Å². The molecule has 1 fully saturated rings. The van der Waals surface area contributed by atoms with Crippen LogP contribution in [0, 0.1) is 0 Å². The molecule has 5 rings (SSSR count). The summed E-state index contributed by atoms with van der Waals surface area (Å²) in [6, 6.07) is 26.0. The number of ether oxygens (including phenoxy) is 1. The predicted molar refractivity (Wildman–Crippen MR) is 142 cm³/mol. The molecule has 180 valence electrons. The van der Waals surface area contributed by atoms with Crippen LogP contribution >= 0.6 is 24.0 Å². The Labute approximate surface area is 215 Å². The fraction of sp³-hybridized carbons (Fsp3) is 0.0714. The molecule has 36 heavy (non-hydrogen) atoms. The number of alkyl halides is 3. The molecule has 0 N–H and O–H groups in total. The van der Waals surface area contributed by atoms with Crippen LogP contribution in [0.25, 0.3) is 16.8 Å². The number of thioether (sulfide) groups is 1. The molecule has 8 heteroatoms. The molecule has 3 nitrogen and oxygen atoms in total. The summed E-state index contributed by atoms with van der Waals surface area (Å²) in [5, 5.41) is 2.25. The van der Waals surface area contributed by atoms with Gasteiger partial charge in [-0.05, 0) is 58.3 Å². The summed E-state index contributed by atoms with van der Waals surface area (Å²) in [4.78, 5) is 14.5. The van der Waals surface area contributed by atoms with Gasteiger partial charge in [0.2, 0.25) is 0 Å². The van der Waals surface area contributed by atoms with Gasteiger partial charge >= 0.3 is 6.18 Å². The maximum absolute atomic E-state index is 13.1. The first-order valence-electron chi connectivity index (χ1n) is 10.9. The summed E-state index contributed by atoms with van der Waals surface area (Å²) in [5.41, 5.74) is 1.02. The van der Waals surface area contributed by atoms with Gasteiger partial charge in [0, 0.05) is 0 Å². The lowest BCUT2D eigenvalue weighted by Gasteiger charge is -2.16. The van der Waals surface area contributed by atoms with Gasteiger partial charge in [-0.1, -0.05) is 84.6 Å². The number of fused-ring (bicyclic) bond motifs is 1. The van der Waals surface area contributed by atoms with E-state index in [9.17, 15) is 18.0 Å². The van der Waals surface area contributed by atoms with E-state index in [1.54, 1.807) is 6.08 Å². The van der Waals surface area contributed by atoms with Gasteiger partial charge in [-0.3, -0.25) is 9.69 Å². The van der Waals surface area contributed by atoms with E-state index >= 15 is 0 Å². The van der Waals surface area contributed by atoms with E-state index in [1.807, 2.05) is 48.5 Å². The summed E-state index contributed by atoms with van der Waals surface area (Å²) < 4.78 is 45.6. The highest BCUT2D eigenvalue weighted by molar-refractivity contribution is 8.27. The molecule has 0 aliphatic carbocycles. The molecular weight excluding hydrogens is 503 g/mol. The molecule has 0 atom stereocenters. The van der Waals surface area contributed by atoms with Crippen molar-refractivity contribution in [3.63, 3.8) is 0 Å². The molecule has 1 amide bonds. The standard InChI is InChI=1S/C28H18F3NO2S2/c29-28(30,31)21-10-5-11-22(16-21)32-26(33)25(36-27(32)35)15-18-6-3-12-23(14-18)34-17-20-9-4-8-19-7-1-2-13-24(19)20/h1-16H,17H2. The first-order valence-corrected chi connectivity index (χ1v) is 12.2. The number of anilines is 1. The second kappa shape index (κ2) is 9.79. The summed E-state index contributed by atoms with van der Waals surface area (Å²) >= 11 is 6.36. The fourth-order valence-electron chi connectivity index (χ4n) is 3.94. The van der Waals surface area contributed by atoms with Gasteiger partial charge in [-0.25, -0.2) is 0 Å². The first kappa shape index (κ1) is 24.1. The van der Waals surface area contributed by atoms with Gasteiger partial charge in [0.15, 0.2) is 4.32 Å². The SMILES string of the molecule is O=C1C(=Cc2cccc(OCc3cccc4ccccc34)c2)SC(=S)N1c1cccc(C(F)(F)F)c1. The zero-order valence-corrected chi connectivity index (χ0v) is 20.3. The van der Waals surface area contributed by atoms with Crippen LogP contribution in [0.5, 0.6) is 5.75 Å². The van der Waals surface area contributed by atoms with Gasteiger partial charge in [-0.15, -0.1) is 0 Å². The van der Waals surface area contributed by atoms with Crippen LogP contribution in [0.2, 0.25) is 0 Å². The Morgan fingerprint density at radius 1 is 0.917 bits per heavy atom. The average molecular weight is 522 g/mol. The molecule has 1 saturated heterocycles. The second-order valence-electron chi connectivity index (χ2n) is 8.06. The van der Waals surface area contributed by atoms with Crippen LogP contribution in [0.4, 0.5) is 18.9 Å². The van der Waals surface area contributed by atoms with E-state index in [0.29, 0.717) is 17.3 Å². The molecule has 0 radical (unpaired) electrons. The van der Waals surface area contributed by atoms with Crippen molar-refractivity contribution in [2.24, 2.45) is 0 Å². The molecule has 4 aromatic carbocycles. The maximum atomic E-state index is 13.1. The van der Waals surface area contributed by atoms with Gasteiger partial charge in [0.05, 0.1) is 16.2 Å². The summed E-state index contributed by atoms with van der Waals surface area (Å²) in [7, 11) is 0. The van der Waals surface area contributed by atoms with Crippen LogP contribution in [0.1, 0.15) is 16.7 Å². The van der Waals surface area contributed by atoms with Crippen molar-refractivity contribution in [2.75, 3.05) is 4.90 Å². The number of hydrogen-bond donors (Lipinski definition) is 0. The number of carbonyl (C=O) groups is 1. The van der Waals surface area contributed by atoms with Crippen molar-refractivity contribution in [1.29, 1.82) is 0 Å². The number of thiocarbonyl (C=S) groups is 1. The van der Waals surface area contributed by atoms with Crippen molar-refractivity contribution in [2.45, 2.75) is 12.8 Å². The van der Waals surface area contributed by atoms with E-state index in [2.05, 4.69) is 18.2 Å². The minimum Gasteiger partial charge on any atom is -0.489 e. The molecule has 1 heterocycles. The van der Waals surface area contributed by atoms with Crippen molar-refractivity contribution in [3.05, 3.63) is 113 Å². The van der Waals surface area contributed by atoms with Crippen molar-refractivity contribution in [3.8, 4) is 5.75 Å². The zero-order chi connectivity index (χ0) is 25.3. The molecule has 0 spiro atoms. The number of hydrogen-bond acceptors (Lipinski definition) is 4. The minimum atomic E-state index is -4.52. The molecule has 4 aromatic rings. The largest absolute Gasteiger partial charge is 0.489 e. The topological polar surface area (TPSA) is 29.5 Å². The Morgan fingerprint density at radius 2 is 1.67 bits per heavy atom. The number of amides is 1. The normalized spacial score (nSPS) is 15.2. The van der Waals surface area contributed by atoms with Crippen LogP contribution < -0.4 is 9.64 Å². The van der Waals surface area contributed by atoms with E-state index in [0.717, 1.165) is 50.7 Å². The second-order valence-corrected chi connectivity index (χ2v) is 9.74. The molecule has 0 unspecified atom stereocenters. The van der Waals surface area contributed by atoms with Gasteiger partial charge < -0.3 is 4.74 Å². The quantitative estimate of drug-likeness (QED) is 0.198. The molecule has 1 aliphatic rings. The smallest absolute Gasteiger partial charge is 0.416 e. The molecule has 0 saturated carbocycles. The van der Waals surface area contributed by atoms with Crippen LogP contribution in [0.3, 0.4) is 0 Å². The Bertz CT molecular complexity index is 1510. The number of carbonyl (C=O) groups excluding carboxylic acids is 1. The molecule has 0 aromatic heterocycles. The third-order valence-corrected chi connectivity index (χ3v) is 6.96. The van der Waals surface area contributed by atoms with Crippen molar-refractivity contribution in [1.82, 2.24) is 0 Å². The lowest BCUT2D eigenvalue weighted by Crippen LogP contribution is -2.27. The highest BCUT2D eigenvalue weighted by Crippen LogP contribution is 2.38. The lowest BCUT2D eigenvalue weighted by atomic mass is 10.1. The third kappa shape index (κ3) is 5.01. The molecule has 0 bridgehead atoms. The minimum absolute atomic E-state index is 0.0860. The number of halogens is 3. The van der Waals surface area contributed by atoms with Gasteiger partial charge in [0.1, 0.15) is 12.4 Å². The number of nitrogens with zero attached hydrogens (tertiary/aromatic N) is 1. The van der Waals surface area contributed by atoms with E-state index < -0.39 is 17.6 Å². The average Bonchev–Trinajstić information content (AvgIpc) is 3.14. The summed E-state index contributed by atoms with van der Waals surface area (Å²) in [6.07, 6.45) is -2.85. The van der Waals surface area contributed by atoms with Gasteiger partial charge in [0.25, 0.3) is 5.91 Å². The Hall–Kier alpha value is -3.62. The molecule has 1 aliphatic heterocycles. The zero-order valence-electron chi connectivity index (χ0n) is 18.7. The molecular formula is C28H18F3NO2S2. The van der Waals surface area contributed by atoms with Crippen LogP contribution in [-0.4, -0.2) is 10.2 Å². The van der Waals surface area contributed by atoms with E-state index in [-0.39, 0.29) is 10.0 Å². The summed E-state index contributed by atoms with van der Waals surface area (Å²) in [5.74, 6) is 0.163. The van der Waals surface area contributed by atoms with Gasteiger partial charge in [-0.2, -0.15) is 13.2 Å². The fourth-order valence-corrected chi connectivity index (χ4v) is 5.24.